The summed E-state index contributed by atoms with van der Waals surface area (Å²) in [4.78, 5) is 11.3. The van der Waals surface area contributed by atoms with E-state index < -0.39 is 6.09 Å². The van der Waals surface area contributed by atoms with Crippen LogP contribution in [0.3, 0.4) is 0 Å². The first kappa shape index (κ1) is 13.1. The van der Waals surface area contributed by atoms with Crippen LogP contribution < -0.4 is 5.32 Å². The van der Waals surface area contributed by atoms with Gasteiger partial charge in [-0.25, -0.2) is 4.79 Å². The van der Waals surface area contributed by atoms with E-state index in [2.05, 4.69) is 5.32 Å². The van der Waals surface area contributed by atoms with E-state index in [4.69, 9.17) is 27.9 Å². The van der Waals surface area contributed by atoms with Crippen molar-refractivity contribution in [3.63, 3.8) is 0 Å². The molecule has 1 rings (SSSR count). The number of aryl methyl sites for hydroxylation is 1. The number of carbonyl (C=O) groups is 1. The highest BCUT2D eigenvalue weighted by Gasteiger charge is 2.08. The largest absolute Gasteiger partial charge is 0.448 e. The topological polar surface area (TPSA) is 38.3 Å². The molecule has 0 aromatic heterocycles. The van der Waals surface area contributed by atoms with Crippen LogP contribution in [0.15, 0.2) is 24.3 Å². The zero-order valence-corrected chi connectivity index (χ0v) is 10.4. The molecule has 3 nitrogen and oxygen atoms in total. The van der Waals surface area contributed by atoms with E-state index in [1.54, 1.807) is 6.07 Å². The summed E-state index contributed by atoms with van der Waals surface area (Å²) < 4.78 is 4.89. The van der Waals surface area contributed by atoms with E-state index in [-0.39, 0.29) is 17.9 Å². The Morgan fingerprint density at radius 3 is 2.81 bits per heavy atom. The van der Waals surface area contributed by atoms with E-state index in [1.165, 1.54) is 0 Å². The summed E-state index contributed by atoms with van der Waals surface area (Å²) in [7, 11) is 0. The maximum atomic E-state index is 11.3. The minimum atomic E-state index is -0.523. The van der Waals surface area contributed by atoms with Gasteiger partial charge in [0.2, 0.25) is 0 Å². The normalized spacial score (nSPS) is 11.9. The fourth-order valence-electron chi connectivity index (χ4n) is 1.07. The van der Waals surface area contributed by atoms with E-state index in [0.29, 0.717) is 0 Å². The average molecular weight is 262 g/mol. The summed E-state index contributed by atoms with van der Waals surface area (Å²) in [5.74, 6) is 0.249. The molecule has 0 bridgehead atoms. The predicted molar refractivity (Wildman–Crippen MR) is 66.5 cm³/mol. The first-order valence-corrected chi connectivity index (χ1v) is 5.80. The van der Waals surface area contributed by atoms with Crippen LogP contribution in [0.25, 0.3) is 0 Å². The second-order valence-corrected chi connectivity index (χ2v) is 4.22. The first-order valence-electron chi connectivity index (χ1n) is 4.83. The molecule has 0 aliphatic heterocycles. The monoisotopic (exact) mass is 261 g/mol. The van der Waals surface area contributed by atoms with Gasteiger partial charge < -0.3 is 4.74 Å². The lowest BCUT2D eigenvalue weighted by Crippen LogP contribution is -2.20. The van der Waals surface area contributed by atoms with Gasteiger partial charge in [0.15, 0.2) is 0 Å². The van der Waals surface area contributed by atoms with E-state index >= 15 is 0 Å². The van der Waals surface area contributed by atoms with Crippen molar-refractivity contribution >= 4 is 35.0 Å². The number of alkyl halides is 2. The minimum Gasteiger partial charge on any atom is -0.448 e. The van der Waals surface area contributed by atoms with Gasteiger partial charge in [-0.15, -0.1) is 23.2 Å². The number of para-hydroxylation sites is 1. The Bertz CT molecular complexity index is 358. The molecule has 5 heteroatoms. The standard InChI is InChI=1S/C11H13Cl2NO2/c1-8-4-2-3-5-10(8)14-11(15)16-7-9(13)6-12/h2-5,9H,6-7H2,1H3,(H,14,15). The number of halogens is 2. The van der Waals surface area contributed by atoms with Gasteiger partial charge in [0, 0.05) is 11.6 Å². The van der Waals surface area contributed by atoms with Crippen LogP contribution in [0.4, 0.5) is 10.5 Å². The predicted octanol–water partition coefficient (Wildman–Crippen LogP) is 3.39. The first-order chi connectivity index (χ1) is 7.63. The maximum Gasteiger partial charge on any atom is 0.411 e. The highest BCUT2D eigenvalue weighted by atomic mass is 35.5. The molecule has 0 spiro atoms. The molecular formula is C11H13Cl2NO2. The third kappa shape index (κ3) is 4.29. The number of amides is 1. The average Bonchev–Trinajstić information content (AvgIpc) is 2.29. The van der Waals surface area contributed by atoms with E-state index in [9.17, 15) is 4.79 Å². The molecule has 88 valence electrons. The van der Waals surface area contributed by atoms with Crippen LogP contribution in [-0.4, -0.2) is 24.0 Å². The molecule has 1 atom stereocenters. The van der Waals surface area contributed by atoms with Crippen LogP contribution in [0.1, 0.15) is 5.56 Å². The van der Waals surface area contributed by atoms with Gasteiger partial charge in [0.05, 0.1) is 5.38 Å². The SMILES string of the molecule is Cc1ccccc1NC(=O)OCC(Cl)CCl. The molecule has 0 aliphatic rings. The lowest BCUT2D eigenvalue weighted by molar-refractivity contribution is 0.163. The maximum absolute atomic E-state index is 11.3. The highest BCUT2D eigenvalue weighted by Crippen LogP contribution is 2.13. The number of hydrogen-bond donors (Lipinski definition) is 1. The van der Waals surface area contributed by atoms with Gasteiger partial charge >= 0.3 is 6.09 Å². The van der Waals surface area contributed by atoms with Gasteiger partial charge in [-0.1, -0.05) is 18.2 Å². The lowest BCUT2D eigenvalue weighted by atomic mass is 10.2. The lowest BCUT2D eigenvalue weighted by Gasteiger charge is -2.10. The van der Waals surface area contributed by atoms with Crippen molar-refractivity contribution in [1.29, 1.82) is 0 Å². The summed E-state index contributed by atoms with van der Waals surface area (Å²) >= 11 is 11.2. The van der Waals surface area contributed by atoms with Crippen LogP contribution in [0.2, 0.25) is 0 Å². The van der Waals surface area contributed by atoms with Crippen molar-refractivity contribution in [3.05, 3.63) is 29.8 Å². The summed E-state index contributed by atoms with van der Waals surface area (Å²) in [6.07, 6.45) is -0.523. The number of carbonyl (C=O) groups excluding carboxylic acids is 1. The quantitative estimate of drug-likeness (QED) is 0.844. The Morgan fingerprint density at radius 1 is 1.50 bits per heavy atom. The Hall–Kier alpha value is -0.930. The zero-order chi connectivity index (χ0) is 12.0. The molecule has 1 amide bonds. The van der Waals surface area contributed by atoms with Gasteiger partial charge in [-0.2, -0.15) is 0 Å². The smallest absolute Gasteiger partial charge is 0.411 e. The number of anilines is 1. The van der Waals surface area contributed by atoms with Crippen LogP contribution in [-0.2, 0) is 4.74 Å². The number of rotatable bonds is 4. The van der Waals surface area contributed by atoms with Crippen LogP contribution >= 0.6 is 23.2 Å². The summed E-state index contributed by atoms with van der Waals surface area (Å²) in [6.45, 7) is 2.00. The van der Waals surface area contributed by atoms with Crippen molar-refractivity contribution in [1.82, 2.24) is 0 Å². The Morgan fingerprint density at radius 2 is 2.19 bits per heavy atom. The van der Waals surface area contributed by atoms with Crippen molar-refractivity contribution in [3.8, 4) is 0 Å². The molecule has 0 aliphatic carbocycles. The van der Waals surface area contributed by atoms with Crippen molar-refractivity contribution in [2.75, 3.05) is 17.8 Å². The van der Waals surface area contributed by atoms with E-state index in [0.717, 1.165) is 11.3 Å². The third-order valence-corrected chi connectivity index (χ3v) is 2.76. The fourth-order valence-corrected chi connectivity index (χ4v) is 1.22. The number of ether oxygens (including phenoxy) is 1. The van der Waals surface area contributed by atoms with Gasteiger partial charge in [0.1, 0.15) is 6.61 Å². The molecular weight excluding hydrogens is 249 g/mol. The van der Waals surface area contributed by atoms with Gasteiger partial charge in [-0.05, 0) is 18.6 Å². The molecule has 0 radical (unpaired) electrons. The Kier molecular flexibility index (Phi) is 5.43. The summed E-state index contributed by atoms with van der Waals surface area (Å²) in [5, 5.41) is 2.27. The Labute approximate surface area is 105 Å². The van der Waals surface area contributed by atoms with E-state index in [1.807, 2.05) is 25.1 Å². The molecule has 0 saturated heterocycles. The molecule has 16 heavy (non-hydrogen) atoms. The molecule has 1 aromatic rings. The fraction of sp³-hybridized carbons (Fsp3) is 0.364. The van der Waals surface area contributed by atoms with Gasteiger partial charge in [0.25, 0.3) is 0 Å². The van der Waals surface area contributed by atoms with Crippen LogP contribution in [0, 0.1) is 6.92 Å². The van der Waals surface area contributed by atoms with Crippen molar-refractivity contribution < 1.29 is 9.53 Å². The highest BCUT2D eigenvalue weighted by molar-refractivity contribution is 6.28. The summed E-state index contributed by atoms with van der Waals surface area (Å²) in [5.41, 5.74) is 1.70. The van der Waals surface area contributed by atoms with Gasteiger partial charge in [-0.3, -0.25) is 5.32 Å². The second-order valence-electron chi connectivity index (χ2n) is 3.29. The molecule has 1 aromatic carbocycles. The summed E-state index contributed by atoms with van der Waals surface area (Å²) in [6, 6.07) is 7.44. The Balaban J connectivity index is 2.43. The number of hydrogen-bond acceptors (Lipinski definition) is 2. The zero-order valence-electron chi connectivity index (χ0n) is 8.87. The van der Waals surface area contributed by atoms with Crippen molar-refractivity contribution in [2.45, 2.75) is 12.3 Å². The molecule has 0 heterocycles. The number of nitrogens with one attached hydrogen (secondary N) is 1. The molecule has 1 N–H and O–H groups in total. The number of benzene rings is 1. The molecule has 0 fully saturated rings. The molecule has 0 saturated carbocycles. The third-order valence-electron chi connectivity index (χ3n) is 1.94. The van der Waals surface area contributed by atoms with Crippen LogP contribution in [0.5, 0.6) is 0 Å². The minimum absolute atomic E-state index is 0.1000. The molecule has 1 unspecified atom stereocenters. The second kappa shape index (κ2) is 6.61. The van der Waals surface area contributed by atoms with Crippen molar-refractivity contribution in [2.24, 2.45) is 0 Å².